The van der Waals surface area contributed by atoms with Gasteiger partial charge in [-0.1, -0.05) is 28.9 Å². The molecule has 0 aromatic heterocycles. The number of morpholine rings is 1. The van der Waals surface area contributed by atoms with E-state index >= 15 is 0 Å². The van der Waals surface area contributed by atoms with E-state index in [1.165, 1.54) is 15.7 Å². The van der Waals surface area contributed by atoms with Crippen molar-refractivity contribution in [3.63, 3.8) is 0 Å². The molecule has 0 bridgehead atoms. The Bertz CT molecular complexity index is 397. The van der Waals surface area contributed by atoms with E-state index < -0.39 is 0 Å². The third-order valence-corrected chi connectivity index (χ3v) is 4.17. The number of halogens is 1. The lowest BCUT2D eigenvalue weighted by atomic mass is 10.1. The zero-order chi connectivity index (χ0) is 13.0. The van der Waals surface area contributed by atoms with Gasteiger partial charge in [-0.2, -0.15) is 0 Å². The van der Waals surface area contributed by atoms with E-state index in [0.717, 1.165) is 32.7 Å². The Morgan fingerprint density at radius 3 is 3.00 bits per heavy atom. The average molecular weight is 313 g/mol. The van der Waals surface area contributed by atoms with Crippen molar-refractivity contribution in [2.24, 2.45) is 0 Å². The average Bonchev–Trinajstić information content (AvgIpc) is 2.41. The van der Waals surface area contributed by atoms with Crippen molar-refractivity contribution < 1.29 is 4.74 Å². The van der Waals surface area contributed by atoms with Crippen molar-refractivity contribution in [1.82, 2.24) is 5.32 Å². The van der Waals surface area contributed by atoms with Gasteiger partial charge in [0, 0.05) is 23.2 Å². The predicted octanol–water partition coefficient (Wildman–Crippen LogP) is 2.78. The highest BCUT2D eigenvalue weighted by molar-refractivity contribution is 9.10. The first-order valence-corrected chi connectivity index (χ1v) is 7.33. The molecule has 1 aromatic rings. The summed E-state index contributed by atoms with van der Waals surface area (Å²) in [7, 11) is 1.97. The highest BCUT2D eigenvalue weighted by Gasteiger charge is 2.21. The minimum atomic E-state index is 0.501. The number of nitrogens with one attached hydrogen (secondary N) is 1. The zero-order valence-corrected chi connectivity index (χ0v) is 12.7. The van der Waals surface area contributed by atoms with Gasteiger partial charge in [-0.3, -0.25) is 0 Å². The van der Waals surface area contributed by atoms with E-state index in [-0.39, 0.29) is 0 Å². The van der Waals surface area contributed by atoms with Crippen LogP contribution < -0.4 is 10.2 Å². The van der Waals surface area contributed by atoms with E-state index in [2.05, 4.69) is 51.3 Å². The van der Waals surface area contributed by atoms with Crippen molar-refractivity contribution in [3.8, 4) is 0 Å². The third-order valence-electron chi connectivity index (χ3n) is 3.43. The van der Waals surface area contributed by atoms with Crippen molar-refractivity contribution in [2.75, 3.05) is 31.7 Å². The van der Waals surface area contributed by atoms with Gasteiger partial charge >= 0.3 is 0 Å². The summed E-state index contributed by atoms with van der Waals surface area (Å²) >= 11 is 3.66. The monoisotopic (exact) mass is 312 g/mol. The second kappa shape index (κ2) is 6.55. The molecule has 0 amide bonds. The smallest absolute Gasteiger partial charge is 0.0670 e. The number of nitrogens with zero attached hydrogens (tertiary/aromatic N) is 1. The second-order valence-electron chi connectivity index (χ2n) is 4.64. The molecule has 1 heterocycles. The zero-order valence-electron chi connectivity index (χ0n) is 11.1. The van der Waals surface area contributed by atoms with Crippen LogP contribution in [0.4, 0.5) is 5.69 Å². The number of hydrogen-bond acceptors (Lipinski definition) is 3. The Hall–Kier alpha value is -0.580. The molecule has 1 aromatic carbocycles. The molecular formula is C14H21BrN2O. The fourth-order valence-electron chi connectivity index (χ4n) is 2.38. The lowest BCUT2D eigenvalue weighted by Crippen LogP contribution is -2.45. The number of anilines is 1. The molecule has 1 atom stereocenters. The maximum atomic E-state index is 5.55. The Balaban J connectivity index is 2.19. The summed E-state index contributed by atoms with van der Waals surface area (Å²) in [5.41, 5.74) is 2.58. The fraction of sp³-hybridized carbons (Fsp3) is 0.571. The fourth-order valence-corrected chi connectivity index (χ4v) is 2.89. The molecule has 2 rings (SSSR count). The standard InChI is InChI=1S/C14H21BrN2O/c1-3-12-10-18-7-6-17(12)13-5-4-11(9-16-2)14(15)8-13/h4-5,8,12,16H,3,6-7,9-10H2,1-2H3. The maximum Gasteiger partial charge on any atom is 0.0670 e. The lowest BCUT2D eigenvalue weighted by Gasteiger charge is -2.37. The molecule has 100 valence electrons. The molecule has 0 aliphatic carbocycles. The molecule has 18 heavy (non-hydrogen) atoms. The number of benzene rings is 1. The van der Waals surface area contributed by atoms with E-state index in [9.17, 15) is 0 Å². The first-order chi connectivity index (χ1) is 8.76. The molecule has 1 unspecified atom stereocenters. The molecule has 4 heteroatoms. The van der Waals surface area contributed by atoms with E-state index in [1.54, 1.807) is 0 Å². The quantitative estimate of drug-likeness (QED) is 0.925. The number of ether oxygens (including phenoxy) is 1. The third kappa shape index (κ3) is 3.05. The highest BCUT2D eigenvalue weighted by atomic mass is 79.9. The van der Waals surface area contributed by atoms with Crippen molar-refractivity contribution >= 4 is 21.6 Å². The van der Waals surface area contributed by atoms with Gasteiger partial charge in [0.05, 0.1) is 19.3 Å². The highest BCUT2D eigenvalue weighted by Crippen LogP contribution is 2.27. The lowest BCUT2D eigenvalue weighted by molar-refractivity contribution is 0.0930. The van der Waals surface area contributed by atoms with Gasteiger partial charge in [-0.15, -0.1) is 0 Å². The topological polar surface area (TPSA) is 24.5 Å². The molecule has 0 radical (unpaired) electrons. The van der Waals surface area contributed by atoms with Crippen LogP contribution in [0.5, 0.6) is 0 Å². The van der Waals surface area contributed by atoms with Gasteiger partial charge in [0.25, 0.3) is 0 Å². The molecule has 0 saturated carbocycles. The Kier molecular flexibility index (Phi) is 5.03. The van der Waals surface area contributed by atoms with Crippen LogP contribution in [0.1, 0.15) is 18.9 Å². The number of rotatable bonds is 4. The van der Waals surface area contributed by atoms with Crippen LogP contribution in [0.15, 0.2) is 22.7 Å². The van der Waals surface area contributed by atoms with E-state index in [0.29, 0.717) is 6.04 Å². The molecule has 3 nitrogen and oxygen atoms in total. The van der Waals surface area contributed by atoms with Gasteiger partial charge in [-0.25, -0.2) is 0 Å². The summed E-state index contributed by atoms with van der Waals surface area (Å²) in [5, 5.41) is 3.18. The molecule has 1 fully saturated rings. The van der Waals surface area contributed by atoms with E-state index in [1.807, 2.05) is 7.05 Å². The Labute approximate surface area is 118 Å². The summed E-state index contributed by atoms with van der Waals surface area (Å²) in [5.74, 6) is 0. The second-order valence-corrected chi connectivity index (χ2v) is 5.49. The molecular weight excluding hydrogens is 292 g/mol. The van der Waals surface area contributed by atoms with Crippen LogP contribution in [-0.2, 0) is 11.3 Å². The maximum absolute atomic E-state index is 5.55. The van der Waals surface area contributed by atoms with Crippen molar-refractivity contribution in [1.29, 1.82) is 0 Å². The summed E-state index contributed by atoms with van der Waals surface area (Å²) in [6.45, 7) is 5.76. The minimum Gasteiger partial charge on any atom is -0.377 e. The van der Waals surface area contributed by atoms with Crippen LogP contribution >= 0.6 is 15.9 Å². The van der Waals surface area contributed by atoms with Gasteiger partial charge in [0.1, 0.15) is 0 Å². The normalized spacial score (nSPS) is 20.2. The van der Waals surface area contributed by atoms with Crippen molar-refractivity contribution in [3.05, 3.63) is 28.2 Å². The van der Waals surface area contributed by atoms with Gasteiger partial charge < -0.3 is 15.0 Å². The van der Waals surface area contributed by atoms with Gasteiger partial charge in [-0.05, 0) is 31.2 Å². The van der Waals surface area contributed by atoms with Crippen LogP contribution in [0.25, 0.3) is 0 Å². The summed E-state index contributed by atoms with van der Waals surface area (Å²) in [6.07, 6.45) is 1.12. The minimum absolute atomic E-state index is 0.501. The van der Waals surface area contributed by atoms with Gasteiger partial charge in [0.15, 0.2) is 0 Å². The SMILES string of the molecule is CCC1COCCN1c1ccc(CNC)c(Br)c1. The van der Waals surface area contributed by atoms with Crippen LogP contribution in [0.3, 0.4) is 0 Å². The summed E-state index contributed by atoms with van der Waals surface area (Å²) in [6, 6.07) is 7.13. The molecule has 1 N–H and O–H groups in total. The largest absolute Gasteiger partial charge is 0.377 e. The van der Waals surface area contributed by atoms with Crippen LogP contribution in [-0.4, -0.2) is 32.8 Å². The van der Waals surface area contributed by atoms with E-state index in [4.69, 9.17) is 4.74 Å². The molecule has 1 saturated heterocycles. The summed E-state index contributed by atoms with van der Waals surface area (Å²) < 4.78 is 6.73. The van der Waals surface area contributed by atoms with Crippen LogP contribution in [0, 0.1) is 0 Å². The van der Waals surface area contributed by atoms with Crippen molar-refractivity contribution in [2.45, 2.75) is 25.9 Å². The van der Waals surface area contributed by atoms with Crippen LogP contribution in [0.2, 0.25) is 0 Å². The number of hydrogen-bond donors (Lipinski definition) is 1. The molecule has 0 spiro atoms. The Morgan fingerprint density at radius 1 is 1.50 bits per heavy atom. The summed E-state index contributed by atoms with van der Waals surface area (Å²) in [4.78, 5) is 2.46. The molecule has 1 aliphatic rings. The Morgan fingerprint density at radius 2 is 2.33 bits per heavy atom. The first-order valence-electron chi connectivity index (χ1n) is 6.53. The van der Waals surface area contributed by atoms with Gasteiger partial charge in [0.2, 0.25) is 0 Å². The first kappa shape index (κ1) is 13.8. The molecule has 1 aliphatic heterocycles. The predicted molar refractivity (Wildman–Crippen MR) is 79.1 cm³/mol.